The monoisotopic (exact) mass is 198 g/mol. The molecule has 0 aliphatic heterocycles. The van der Waals surface area contributed by atoms with Gasteiger partial charge in [0.1, 0.15) is 5.82 Å². The average Bonchev–Trinajstić information content (AvgIpc) is 2.24. The molecule has 0 heterocycles. The summed E-state index contributed by atoms with van der Waals surface area (Å²) in [5.41, 5.74) is 0.155. The van der Waals surface area contributed by atoms with E-state index in [1.165, 1.54) is 19.1 Å². The second kappa shape index (κ2) is 9.90. The van der Waals surface area contributed by atoms with Gasteiger partial charge in [-0.2, -0.15) is 0 Å². The quantitative estimate of drug-likeness (QED) is 0.621. The molecule has 0 radical (unpaired) electrons. The van der Waals surface area contributed by atoms with E-state index in [0.29, 0.717) is 0 Å². The summed E-state index contributed by atoms with van der Waals surface area (Å²) in [4.78, 5) is 10.6. The van der Waals surface area contributed by atoms with Gasteiger partial charge in [0.05, 0.1) is 5.56 Å². The zero-order chi connectivity index (χ0) is 11.6. The molecule has 0 atom stereocenters. The van der Waals surface area contributed by atoms with Gasteiger partial charge in [0.15, 0.2) is 5.78 Å². The number of hydrogen-bond donors (Lipinski definition) is 0. The number of hydrogen-bond acceptors (Lipinski definition) is 1. The van der Waals surface area contributed by atoms with Crippen molar-refractivity contribution in [2.24, 2.45) is 0 Å². The van der Waals surface area contributed by atoms with Crippen LogP contribution in [0.5, 0.6) is 0 Å². The van der Waals surface area contributed by atoms with Gasteiger partial charge in [-0.25, -0.2) is 4.39 Å². The number of benzene rings is 1. The summed E-state index contributed by atoms with van der Waals surface area (Å²) in [6.45, 7) is 9.35. The molecule has 0 aromatic heterocycles. The highest BCUT2D eigenvalue weighted by molar-refractivity contribution is 5.94. The highest BCUT2D eigenvalue weighted by Gasteiger charge is 2.03. The first-order chi connectivity index (χ1) is 6.72. The Balaban J connectivity index is 0. The first kappa shape index (κ1) is 15.3. The van der Waals surface area contributed by atoms with Gasteiger partial charge in [0, 0.05) is 0 Å². The minimum Gasteiger partial charge on any atom is -0.294 e. The van der Waals surface area contributed by atoms with Crippen molar-refractivity contribution in [2.75, 3.05) is 0 Å². The Hall–Kier alpha value is -1.18. The number of halogens is 1. The van der Waals surface area contributed by atoms with E-state index in [2.05, 4.69) is 0 Å². The standard InChI is InChI=1S/C8H7FO.2C2H6/c1-6(10)7-4-2-3-5-8(7)9;2*1-2/h2-5H,1H3;2*1-2H3. The number of carbonyl (C=O) groups is 1. The number of rotatable bonds is 1. The second-order valence-corrected chi connectivity index (χ2v) is 2.04. The first-order valence-electron chi connectivity index (χ1n) is 4.97. The van der Waals surface area contributed by atoms with Crippen molar-refractivity contribution in [1.82, 2.24) is 0 Å². The summed E-state index contributed by atoms with van der Waals surface area (Å²) in [6, 6.07) is 5.94. The number of carbonyl (C=O) groups excluding carboxylic acids is 1. The molecule has 0 saturated heterocycles. The SMILES string of the molecule is CC.CC.CC(=O)c1ccccc1F. The predicted molar refractivity (Wildman–Crippen MR) is 59.1 cm³/mol. The molecule has 1 rings (SSSR count). The Kier molecular flexibility index (Phi) is 10.8. The van der Waals surface area contributed by atoms with Gasteiger partial charge in [0.2, 0.25) is 0 Å². The van der Waals surface area contributed by atoms with Crippen LogP contribution in [0.3, 0.4) is 0 Å². The van der Waals surface area contributed by atoms with Crippen LogP contribution < -0.4 is 0 Å². The normalized spacial score (nSPS) is 7.57. The largest absolute Gasteiger partial charge is 0.294 e. The summed E-state index contributed by atoms with van der Waals surface area (Å²) in [5, 5.41) is 0. The van der Waals surface area contributed by atoms with E-state index in [4.69, 9.17) is 0 Å². The van der Waals surface area contributed by atoms with Crippen LogP contribution in [0.1, 0.15) is 45.0 Å². The summed E-state index contributed by atoms with van der Waals surface area (Å²) in [6.07, 6.45) is 0. The minimum absolute atomic E-state index is 0.155. The lowest BCUT2D eigenvalue weighted by Crippen LogP contribution is -1.94. The van der Waals surface area contributed by atoms with Crippen LogP contribution in [-0.2, 0) is 0 Å². The molecular weight excluding hydrogens is 179 g/mol. The molecule has 0 aliphatic carbocycles. The van der Waals surface area contributed by atoms with Gasteiger partial charge in [-0.05, 0) is 19.1 Å². The van der Waals surface area contributed by atoms with E-state index in [9.17, 15) is 9.18 Å². The highest BCUT2D eigenvalue weighted by Crippen LogP contribution is 2.05. The van der Waals surface area contributed by atoms with Crippen molar-refractivity contribution in [3.8, 4) is 0 Å². The fourth-order valence-electron chi connectivity index (χ4n) is 0.747. The molecule has 1 aromatic rings. The van der Waals surface area contributed by atoms with Crippen LogP contribution >= 0.6 is 0 Å². The van der Waals surface area contributed by atoms with Crippen LogP contribution in [0.2, 0.25) is 0 Å². The zero-order valence-corrected chi connectivity index (χ0v) is 9.60. The maximum absolute atomic E-state index is 12.6. The van der Waals surface area contributed by atoms with Gasteiger partial charge < -0.3 is 0 Å². The molecule has 2 heteroatoms. The van der Waals surface area contributed by atoms with Gasteiger partial charge >= 0.3 is 0 Å². The van der Waals surface area contributed by atoms with E-state index < -0.39 is 5.82 Å². The van der Waals surface area contributed by atoms with E-state index in [0.717, 1.165) is 0 Å². The molecular formula is C12H19FO. The van der Waals surface area contributed by atoms with Crippen LogP contribution in [0, 0.1) is 5.82 Å². The topological polar surface area (TPSA) is 17.1 Å². The smallest absolute Gasteiger partial charge is 0.162 e. The zero-order valence-electron chi connectivity index (χ0n) is 9.60. The van der Waals surface area contributed by atoms with Crippen molar-refractivity contribution in [3.63, 3.8) is 0 Å². The Morgan fingerprint density at radius 1 is 1.07 bits per heavy atom. The average molecular weight is 198 g/mol. The summed E-state index contributed by atoms with van der Waals surface area (Å²) >= 11 is 0. The molecule has 0 N–H and O–H groups in total. The maximum Gasteiger partial charge on any atom is 0.162 e. The third-order valence-corrected chi connectivity index (χ3v) is 1.25. The molecule has 0 bridgehead atoms. The van der Waals surface area contributed by atoms with Crippen LogP contribution in [-0.4, -0.2) is 5.78 Å². The Morgan fingerprint density at radius 2 is 1.50 bits per heavy atom. The minimum atomic E-state index is -0.449. The first-order valence-corrected chi connectivity index (χ1v) is 4.97. The third kappa shape index (κ3) is 5.46. The van der Waals surface area contributed by atoms with E-state index in [1.54, 1.807) is 12.1 Å². The van der Waals surface area contributed by atoms with Crippen LogP contribution in [0.15, 0.2) is 24.3 Å². The van der Waals surface area contributed by atoms with Crippen molar-refractivity contribution in [2.45, 2.75) is 34.6 Å². The molecule has 0 amide bonds. The lowest BCUT2D eigenvalue weighted by atomic mass is 10.1. The number of ketones is 1. The predicted octanol–water partition coefficient (Wildman–Crippen LogP) is 4.08. The molecule has 0 fully saturated rings. The maximum atomic E-state index is 12.6. The lowest BCUT2D eigenvalue weighted by molar-refractivity contribution is 0.101. The highest BCUT2D eigenvalue weighted by atomic mass is 19.1. The Labute approximate surface area is 86.0 Å². The summed E-state index contributed by atoms with van der Waals surface area (Å²) < 4.78 is 12.6. The molecule has 80 valence electrons. The Bertz CT molecular complexity index is 256. The van der Waals surface area contributed by atoms with Gasteiger partial charge in [0.25, 0.3) is 0 Å². The van der Waals surface area contributed by atoms with E-state index >= 15 is 0 Å². The molecule has 0 aliphatic rings. The van der Waals surface area contributed by atoms with Crippen molar-refractivity contribution < 1.29 is 9.18 Å². The third-order valence-electron chi connectivity index (χ3n) is 1.25. The fourth-order valence-corrected chi connectivity index (χ4v) is 0.747. The molecule has 0 unspecified atom stereocenters. The molecule has 14 heavy (non-hydrogen) atoms. The number of Topliss-reactive ketones (excluding diaryl/α,β-unsaturated/α-hetero) is 1. The second-order valence-electron chi connectivity index (χ2n) is 2.04. The molecule has 0 spiro atoms. The molecule has 0 saturated carbocycles. The van der Waals surface area contributed by atoms with Gasteiger partial charge in [-0.1, -0.05) is 39.8 Å². The van der Waals surface area contributed by atoms with Crippen molar-refractivity contribution in [3.05, 3.63) is 35.6 Å². The summed E-state index contributed by atoms with van der Waals surface area (Å²) in [5.74, 6) is -0.687. The van der Waals surface area contributed by atoms with Crippen molar-refractivity contribution >= 4 is 5.78 Å². The fraction of sp³-hybridized carbons (Fsp3) is 0.417. The lowest BCUT2D eigenvalue weighted by Gasteiger charge is -1.94. The van der Waals surface area contributed by atoms with Crippen LogP contribution in [0.4, 0.5) is 4.39 Å². The summed E-state index contributed by atoms with van der Waals surface area (Å²) in [7, 11) is 0. The van der Waals surface area contributed by atoms with Crippen molar-refractivity contribution in [1.29, 1.82) is 0 Å². The van der Waals surface area contributed by atoms with E-state index in [-0.39, 0.29) is 11.3 Å². The van der Waals surface area contributed by atoms with Gasteiger partial charge in [-0.15, -0.1) is 0 Å². The van der Waals surface area contributed by atoms with E-state index in [1.807, 2.05) is 27.7 Å². The molecule has 1 nitrogen and oxygen atoms in total. The molecule has 1 aromatic carbocycles. The van der Waals surface area contributed by atoms with Crippen LogP contribution in [0.25, 0.3) is 0 Å². The van der Waals surface area contributed by atoms with Gasteiger partial charge in [-0.3, -0.25) is 4.79 Å². The Morgan fingerprint density at radius 3 is 1.79 bits per heavy atom.